The molecule has 0 bridgehead atoms. The van der Waals surface area contributed by atoms with Crippen LogP contribution in [0.15, 0.2) is 102 Å². The molecule has 1 amide bonds. The summed E-state index contributed by atoms with van der Waals surface area (Å²) in [5.41, 5.74) is 7.48. The maximum absolute atomic E-state index is 12.4. The highest BCUT2D eigenvalue weighted by molar-refractivity contribution is 5.95. The van der Waals surface area contributed by atoms with Gasteiger partial charge in [-0.15, -0.1) is 0 Å². The molecule has 36 heavy (non-hydrogen) atoms. The van der Waals surface area contributed by atoms with Crippen molar-refractivity contribution >= 4 is 18.1 Å². The van der Waals surface area contributed by atoms with E-state index in [1.807, 2.05) is 50.2 Å². The Bertz CT molecular complexity index is 1360. The summed E-state index contributed by atoms with van der Waals surface area (Å²) in [7, 11) is 0. The molecule has 0 unspecified atom stereocenters. The average molecular weight is 479 g/mol. The number of amides is 1. The third-order valence-corrected chi connectivity index (χ3v) is 5.37. The molecule has 0 heterocycles. The van der Waals surface area contributed by atoms with E-state index in [0.717, 1.165) is 16.7 Å². The van der Waals surface area contributed by atoms with Crippen molar-refractivity contribution in [1.82, 2.24) is 5.43 Å². The van der Waals surface area contributed by atoms with Crippen LogP contribution in [-0.2, 0) is 6.61 Å². The number of benzene rings is 4. The first-order valence-corrected chi connectivity index (χ1v) is 11.5. The van der Waals surface area contributed by atoms with Crippen molar-refractivity contribution in [3.8, 4) is 11.5 Å². The van der Waals surface area contributed by atoms with E-state index < -0.39 is 5.97 Å². The highest BCUT2D eigenvalue weighted by atomic mass is 16.5. The molecule has 180 valence electrons. The Morgan fingerprint density at radius 3 is 2.17 bits per heavy atom. The van der Waals surface area contributed by atoms with Crippen molar-refractivity contribution in [2.45, 2.75) is 20.5 Å². The monoisotopic (exact) mass is 478 g/mol. The van der Waals surface area contributed by atoms with E-state index in [2.05, 4.69) is 10.5 Å². The average Bonchev–Trinajstić information content (AvgIpc) is 2.89. The van der Waals surface area contributed by atoms with Crippen LogP contribution in [0, 0.1) is 13.8 Å². The molecule has 0 saturated heterocycles. The van der Waals surface area contributed by atoms with Gasteiger partial charge in [0.2, 0.25) is 0 Å². The van der Waals surface area contributed by atoms with Gasteiger partial charge in [-0.1, -0.05) is 47.5 Å². The van der Waals surface area contributed by atoms with Crippen molar-refractivity contribution in [3.05, 3.63) is 130 Å². The fraction of sp³-hybridized carbons (Fsp3) is 0.100. The van der Waals surface area contributed by atoms with E-state index in [4.69, 9.17) is 9.47 Å². The number of ether oxygens (including phenoxy) is 2. The summed E-state index contributed by atoms with van der Waals surface area (Å²) in [5, 5.41) is 4.01. The minimum atomic E-state index is -0.418. The summed E-state index contributed by atoms with van der Waals surface area (Å²) >= 11 is 0. The molecule has 0 aliphatic carbocycles. The zero-order chi connectivity index (χ0) is 25.3. The number of carbonyl (C=O) groups is 2. The number of hydrogen-bond donors (Lipinski definition) is 1. The lowest BCUT2D eigenvalue weighted by molar-refractivity contribution is 0.0734. The molecule has 1 N–H and O–H groups in total. The van der Waals surface area contributed by atoms with Crippen LogP contribution in [0.5, 0.6) is 11.5 Å². The second kappa shape index (κ2) is 11.6. The molecule has 0 atom stereocenters. The molecule has 6 heteroatoms. The molecule has 0 aliphatic rings. The molecule has 0 spiro atoms. The lowest BCUT2D eigenvalue weighted by atomic mass is 10.1. The van der Waals surface area contributed by atoms with Gasteiger partial charge in [-0.05, 0) is 85.6 Å². The van der Waals surface area contributed by atoms with Crippen LogP contribution >= 0.6 is 0 Å². The van der Waals surface area contributed by atoms with E-state index in [-0.39, 0.29) is 5.91 Å². The molecular weight excluding hydrogens is 452 g/mol. The molecule has 0 radical (unpaired) electrons. The largest absolute Gasteiger partial charge is 0.489 e. The number of hydrazone groups is 1. The number of rotatable bonds is 8. The summed E-state index contributed by atoms with van der Waals surface area (Å²) in [6.07, 6.45) is 1.52. The van der Waals surface area contributed by atoms with Crippen LogP contribution in [0.3, 0.4) is 0 Å². The second-order valence-corrected chi connectivity index (χ2v) is 8.33. The maximum atomic E-state index is 12.4. The van der Waals surface area contributed by atoms with Gasteiger partial charge in [0, 0.05) is 5.56 Å². The normalized spacial score (nSPS) is 10.7. The lowest BCUT2D eigenvalue weighted by Gasteiger charge is -2.07. The van der Waals surface area contributed by atoms with Crippen LogP contribution in [-0.4, -0.2) is 18.1 Å². The minimum Gasteiger partial charge on any atom is -0.489 e. The Hall–Kier alpha value is -4.71. The van der Waals surface area contributed by atoms with Crippen molar-refractivity contribution in [2.24, 2.45) is 5.10 Å². The molecular formula is C30H26N2O4. The van der Waals surface area contributed by atoms with E-state index in [0.29, 0.717) is 29.2 Å². The van der Waals surface area contributed by atoms with Gasteiger partial charge in [0.25, 0.3) is 5.91 Å². The molecule has 4 aromatic carbocycles. The summed E-state index contributed by atoms with van der Waals surface area (Å²) in [5.74, 6) is 0.352. The predicted molar refractivity (Wildman–Crippen MR) is 140 cm³/mol. The molecule has 0 fully saturated rings. The molecule has 4 rings (SSSR count). The van der Waals surface area contributed by atoms with Crippen LogP contribution in [0.2, 0.25) is 0 Å². The van der Waals surface area contributed by atoms with Gasteiger partial charge < -0.3 is 9.47 Å². The SMILES string of the molecule is Cc1ccc(COc2ccc(C(=O)N/N=C/c3ccc(OC(=O)c4cccc(C)c4)cc3)cc2)cc1. The first kappa shape index (κ1) is 24.4. The number of esters is 1. The van der Waals surface area contributed by atoms with Crippen LogP contribution in [0.25, 0.3) is 0 Å². The highest BCUT2D eigenvalue weighted by Gasteiger charge is 2.08. The second-order valence-electron chi connectivity index (χ2n) is 8.33. The van der Waals surface area contributed by atoms with Gasteiger partial charge in [0.1, 0.15) is 18.1 Å². The van der Waals surface area contributed by atoms with Crippen molar-refractivity contribution < 1.29 is 19.1 Å². The Balaban J connectivity index is 1.25. The first-order valence-electron chi connectivity index (χ1n) is 11.5. The number of carbonyl (C=O) groups excluding carboxylic acids is 2. The third-order valence-electron chi connectivity index (χ3n) is 5.37. The molecule has 0 saturated carbocycles. The number of nitrogens with zero attached hydrogens (tertiary/aromatic N) is 1. The van der Waals surface area contributed by atoms with Crippen LogP contribution in [0.4, 0.5) is 0 Å². The van der Waals surface area contributed by atoms with Crippen molar-refractivity contribution in [1.29, 1.82) is 0 Å². The number of aryl methyl sites for hydroxylation is 2. The summed E-state index contributed by atoms with van der Waals surface area (Å²) < 4.78 is 11.2. The van der Waals surface area contributed by atoms with E-state index >= 15 is 0 Å². The van der Waals surface area contributed by atoms with E-state index in [1.54, 1.807) is 60.7 Å². The van der Waals surface area contributed by atoms with E-state index in [9.17, 15) is 9.59 Å². The van der Waals surface area contributed by atoms with Crippen LogP contribution in [0.1, 0.15) is 43.0 Å². The summed E-state index contributed by atoms with van der Waals surface area (Å²) in [6.45, 7) is 4.42. The number of nitrogens with one attached hydrogen (secondary N) is 1. The Kier molecular flexibility index (Phi) is 7.88. The van der Waals surface area contributed by atoms with Gasteiger partial charge in [-0.2, -0.15) is 5.10 Å². The zero-order valence-electron chi connectivity index (χ0n) is 20.1. The molecule has 0 aromatic heterocycles. The minimum absolute atomic E-state index is 0.333. The first-order chi connectivity index (χ1) is 17.5. The number of hydrogen-bond acceptors (Lipinski definition) is 5. The van der Waals surface area contributed by atoms with Gasteiger partial charge >= 0.3 is 5.97 Å². The topological polar surface area (TPSA) is 77.0 Å². The Morgan fingerprint density at radius 2 is 1.47 bits per heavy atom. The van der Waals surface area contributed by atoms with E-state index in [1.165, 1.54) is 11.8 Å². The molecule has 6 nitrogen and oxygen atoms in total. The fourth-order valence-corrected chi connectivity index (χ4v) is 3.34. The Labute approximate surface area is 210 Å². The van der Waals surface area contributed by atoms with Crippen LogP contribution < -0.4 is 14.9 Å². The summed E-state index contributed by atoms with van der Waals surface area (Å²) in [6, 6.07) is 29.1. The summed E-state index contributed by atoms with van der Waals surface area (Å²) in [4.78, 5) is 24.6. The molecule has 4 aromatic rings. The zero-order valence-corrected chi connectivity index (χ0v) is 20.1. The van der Waals surface area contributed by atoms with Gasteiger partial charge in [-0.25, -0.2) is 10.2 Å². The third kappa shape index (κ3) is 6.90. The predicted octanol–water partition coefficient (Wildman–Crippen LogP) is 5.87. The van der Waals surface area contributed by atoms with Gasteiger partial charge in [0.05, 0.1) is 11.8 Å². The Morgan fingerprint density at radius 1 is 0.778 bits per heavy atom. The quantitative estimate of drug-likeness (QED) is 0.149. The maximum Gasteiger partial charge on any atom is 0.343 e. The standard InChI is InChI=1S/C30H26N2O4/c1-21-6-8-24(9-7-21)20-35-27-16-12-25(13-17-27)29(33)32-31-19-23-10-14-28(15-11-23)36-30(34)26-5-3-4-22(2)18-26/h3-19H,20H2,1-2H3,(H,32,33)/b31-19+. The van der Waals surface area contributed by atoms with Gasteiger partial charge in [0.15, 0.2) is 0 Å². The molecule has 0 aliphatic heterocycles. The fourth-order valence-electron chi connectivity index (χ4n) is 3.34. The van der Waals surface area contributed by atoms with Gasteiger partial charge in [-0.3, -0.25) is 4.79 Å². The smallest absolute Gasteiger partial charge is 0.343 e. The van der Waals surface area contributed by atoms with Crippen molar-refractivity contribution in [3.63, 3.8) is 0 Å². The lowest BCUT2D eigenvalue weighted by Crippen LogP contribution is -2.17. The van der Waals surface area contributed by atoms with Crippen molar-refractivity contribution in [2.75, 3.05) is 0 Å². The highest BCUT2D eigenvalue weighted by Crippen LogP contribution is 2.16.